The van der Waals surface area contributed by atoms with Crippen molar-refractivity contribution in [3.8, 4) is 17.6 Å². The molecule has 0 radical (unpaired) electrons. The van der Waals surface area contributed by atoms with Crippen molar-refractivity contribution in [1.29, 1.82) is 5.26 Å². The highest BCUT2D eigenvalue weighted by Gasteiger charge is 2.11. The van der Waals surface area contributed by atoms with Crippen molar-refractivity contribution in [2.45, 2.75) is 26.9 Å². The highest BCUT2D eigenvalue weighted by molar-refractivity contribution is 9.10. The Bertz CT molecular complexity index is 694. The van der Waals surface area contributed by atoms with E-state index in [1.165, 1.54) is 0 Å². The predicted molar refractivity (Wildman–Crippen MR) is 85.5 cm³/mol. The fraction of sp³-hybridized carbons (Fsp3) is 0.235. The Balaban J connectivity index is 2.35. The van der Waals surface area contributed by atoms with Crippen molar-refractivity contribution in [2.75, 3.05) is 0 Å². The van der Waals surface area contributed by atoms with Gasteiger partial charge in [0.2, 0.25) is 0 Å². The number of ether oxygens (including phenoxy) is 1. The Morgan fingerprint density at radius 2 is 1.81 bits per heavy atom. The molecule has 0 fully saturated rings. The Kier molecular flexibility index (Phi) is 4.66. The highest BCUT2D eigenvalue weighted by Crippen LogP contribution is 2.33. The van der Waals surface area contributed by atoms with Crippen LogP contribution in [0.2, 0.25) is 0 Å². The van der Waals surface area contributed by atoms with E-state index in [0.717, 1.165) is 26.9 Å². The summed E-state index contributed by atoms with van der Waals surface area (Å²) in [5.74, 6) is 1.44. The number of rotatable bonds is 3. The molecule has 108 valence electrons. The van der Waals surface area contributed by atoms with Gasteiger partial charge in [-0.15, -0.1) is 0 Å². The Morgan fingerprint density at radius 1 is 1.19 bits per heavy atom. The van der Waals surface area contributed by atoms with Crippen LogP contribution in [0, 0.1) is 25.2 Å². The molecule has 4 heteroatoms. The van der Waals surface area contributed by atoms with Gasteiger partial charge in [-0.2, -0.15) is 5.26 Å². The molecule has 0 aliphatic rings. The van der Waals surface area contributed by atoms with Crippen LogP contribution in [0.15, 0.2) is 34.8 Å². The van der Waals surface area contributed by atoms with Gasteiger partial charge in [0, 0.05) is 4.47 Å². The van der Waals surface area contributed by atoms with E-state index in [1.54, 1.807) is 6.92 Å². The Morgan fingerprint density at radius 3 is 2.29 bits per heavy atom. The Hall–Kier alpha value is -1.83. The van der Waals surface area contributed by atoms with Crippen LogP contribution in [0.3, 0.4) is 0 Å². The fourth-order valence-corrected chi connectivity index (χ4v) is 2.89. The third kappa shape index (κ3) is 3.44. The van der Waals surface area contributed by atoms with Gasteiger partial charge >= 0.3 is 0 Å². The van der Waals surface area contributed by atoms with Gasteiger partial charge in [0.15, 0.2) is 0 Å². The van der Waals surface area contributed by atoms with E-state index in [1.807, 2.05) is 44.2 Å². The molecular formula is C17H16BrNO2. The molecule has 1 N–H and O–H groups in total. The Labute approximate surface area is 132 Å². The van der Waals surface area contributed by atoms with Crippen LogP contribution in [0.25, 0.3) is 0 Å². The highest BCUT2D eigenvalue weighted by atomic mass is 79.9. The summed E-state index contributed by atoms with van der Waals surface area (Å²) in [6, 6.07) is 11.2. The predicted octanol–water partition coefficient (Wildman–Crippen LogP) is 4.78. The van der Waals surface area contributed by atoms with Gasteiger partial charge < -0.3 is 9.84 Å². The smallest absolute Gasteiger partial charge is 0.133 e. The molecule has 2 aromatic carbocycles. The first kappa shape index (κ1) is 15.6. The van der Waals surface area contributed by atoms with E-state index >= 15 is 0 Å². The third-order valence-corrected chi connectivity index (χ3v) is 3.92. The first-order chi connectivity index (χ1) is 9.92. The van der Waals surface area contributed by atoms with Crippen LogP contribution in [0.5, 0.6) is 11.5 Å². The summed E-state index contributed by atoms with van der Waals surface area (Å²) in [5, 5.41) is 18.6. The van der Waals surface area contributed by atoms with Crippen molar-refractivity contribution < 1.29 is 9.84 Å². The van der Waals surface area contributed by atoms with Crippen molar-refractivity contribution in [2.24, 2.45) is 0 Å². The average molecular weight is 346 g/mol. The molecule has 0 saturated carbocycles. The maximum atomic E-state index is 9.63. The topological polar surface area (TPSA) is 53.2 Å². The van der Waals surface area contributed by atoms with E-state index in [9.17, 15) is 5.11 Å². The first-order valence-corrected chi connectivity index (χ1v) is 7.38. The van der Waals surface area contributed by atoms with Gasteiger partial charge in [0.25, 0.3) is 0 Å². The molecular weight excluding hydrogens is 330 g/mol. The molecule has 0 aliphatic heterocycles. The third-order valence-electron chi connectivity index (χ3n) is 3.23. The number of aliphatic hydroxyl groups is 1. The quantitative estimate of drug-likeness (QED) is 0.870. The van der Waals surface area contributed by atoms with E-state index in [2.05, 4.69) is 22.0 Å². The lowest BCUT2D eigenvalue weighted by Gasteiger charge is -2.14. The standard InChI is InChI=1S/C17H16BrNO2/c1-10-6-13(9-19)7-11(2)17(10)21-14-4-5-15(12(3)20)16(18)8-14/h4-8,12,20H,1-3H3/t12-/m0/s1. The lowest BCUT2D eigenvalue weighted by atomic mass is 10.1. The van der Waals surface area contributed by atoms with Gasteiger partial charge in [-0.25, -0.2) is 0 Å². The first-order valence-electron chi connectivity index (χ1n) is 6.59. The van der Waals surface area contributed by atoms with E-state index < -0.39 is 6.10 Å². The molecule has 2 rings (SSSR count). The van der Waals surface area contributed by atoms with E-state index in [0.29, 0.717) is 11.3 Å². The average Bonchev–Trinajstić information content (AvgIpc) is 2.42. The molecule has 3 nitrogen and oxygen atoms in total. The summed E-state index contributed by atoms with van der Waals surface area (Å²) in [6.07, 6.45) is -0.535. The number of hydrogen-bond donors (Lipinski definition) is 1. The van der Waals surface area contributed by atoms with Crippen molar-refractivity contribution in [3.05, 3.63) is 57.1 Å². The molecule has 0 spiro atoms. The minimum atomic E-state index is -0.535. The van der Waals surface area contributed by atoms with Gasteiger partial charge in [0.05, 0.1) is 17.7 Å². The summed E-state index contributed by atoms with van der Waals surface area (Å²) in [6.45, 7) is 5.56. The molecule has 0 aliphatic carbocycles. The summed E-state index contributed by atoms with van der Waals surface area (Å²) < 4.78 is 6.74. The normalized spacial score (nSPS) is 11.8. The maximum Gasteiger partial charge on any atom is 0.133 e. The van der Waals surface area contributed by atoms with Gasteiger partial charge in [-0.1, -0.05) is 22.0 Å². The number of hydrogen-bond acceptors (Lipinski definition) is 3. The molecule has 0 saturated heterocycles. The zero-order chi connectivity index (χ0) is 15.6. The summed E-state index contributed by atoms with van der Waals surface area (Å²) >= 11 is 3.44. The second-order valence-electron chi connectivity index (χ2n) is 5.01. The largest absolute Gasteiger partial charge is 0.457 e. The van der Waals surface area contributed by atoms with Crippen LogP contribution in [0.1, 0.15) is 35.3 Å². The van der Waals surface area contributed by atoms with Crippen LogP contribution < -0.4 is 4.74 Å². The number of nitrogens with zero attached hydrogens (tertiary/aromatic N) is 1. The lowest BCUT2D eigenvalue weighted by Crippen LogP contribution is -1.95. The van der Waals surface area contributed by atoms with Crippen molar-refractivity contribution >= 4 is 15.9 Å². The number of benzene rings is 2. The van der Waals surface area contributed by atoms with Crippen molar-refractivity contribution in [1.82, 2.24) is 0 Å². The van der Waals surface area contributed by atoms with Gasteiger partial charge in [0.1, 0.15) is 11.5 Å². The maximum absolute atomic E-state index is 9.63. The van der Waals surface area contributed by atoms with Crippen LogP contribution in [-0.4, -0.2) is 5.11 Å². The summed E-state index contributed by atoms with van der Waals surface area (Å²) in [5.41, 5.74) is 3.28. The summed E-state index contributed by atoms with van der Waals surface area (Å²) in [4.78, 5) is 0. The fourth-order valence-electron chi connectivity index (χ4n) is 2.20. The van der Waals surface area contributed by atoms with E-state index in [4.69, 9.17) is 10.00 Å². The number of nitriles is 1. The van der Waals surface area contributed by atoms with Gasteiger partial charge in [-0.05, 0) is 61.7 Å². The summed E-state index contributed by atoms with van der Waals surface area (Å²) in [7, 11) is 0. The van der Waals surface area contributed by atoms with Crippen LogP contribution in [-0.2, 0) is 0 Å². The van der Waals surface area contributed by atoms with Crippen LogP contribution in [0.4, 0.5) is 0 Å². The van der Waals surface area contributed by atoms with E-state index in [-0.39, 0.29) is 0 Å². The number of halogens is 1. The van der Waals surface area contributed by atoms with Gasteiger partial charge in [-0.3, -0.25) is 0 Å². The molecule has 0 aromatic heterocycles. The monoisotopic (exact) mass is 345 g/mol. The number of aliphatic hydroxyl groups excluding tert-OH is 1. The number of aryl methyl sites for hydroxylation is 2. The molecule has 0 unspecified atom stereocenters. The minimum Gasteiger partial charge on any atom is -0.457 e. The zero-order valence-electron chi connectivity index (χ0n) is 12.1. The molecule has 0 bridgehead atoms. The van der Waals surface area contributed by atoms with Crippen LogP contribution >= 0.6 is 15.9 Å². The van der Waals surface area contributed by atoms with Crippen molar-refractivity contribution in [3.63, 3.8) is 0 Å². The molecule has 21 heavy (non-hydrogen) atoms. The second kappa shape index (κ2) is 6.30. The zero-order valence-corrected chi connectivity index (χ0v) is 13.7. The molecule has 2 aromatic rings. The molecule has 1 atom stereocenters. The molecule has 0 amide bonds. The second-order valence-corrected chi connectivity index (χ2v) is 5.87. The minimum absolute atomic E-state index is 0.535. The lowest BCUT2D eigenvalue weighted by molar-refractivity contribution is 0.198. The molecule has 0 heterocycles. The SMILES string of the molecule is Cc1cc(C#N)cc(C)c1Oc1ccc([C@H](C)O)c(Br)c1.